The van der Waals surface area contributed by atoms with E-state index in [0.29, 0.717) is 5.92 Å². The molecule has 0 radical (unpaired) electrons. The normalized spacial score (nSPS) is 24.4. The fourth-order valence-corrected chi connectivity index (χ4v) is 6.21. The number of H-pyrrole nitrogens is 1. The molecule has 0 spiro atoms. The van der Waals surface area contributed by atoms with Crippen molar-refractivity contribution in [3.8, 4) is 5.75 Å². The molecule has 5 heteroatoms. The molecular formula is C29H37N3O2. The Hall–Kier alpha value is -2.63. The molecule has 6 rings (SSSR count). The number of benzene rings is 2. The van der Waals surface area contributed by atoms with Gasteiger partial charge in [0, 0.05) is 24.9 Å². The first-order valence-electron chi connectivity index (χ1n) is 12.7. The van der Waals surface area contributed by atoms with Crippen LogP contribution < -0.4 is 4.74 Å². The van der Waals surface area contributed by atoms with Gasteiger partial charge in [0.1, 0.15) is 11.6 Å². The van der Waals surface area contributed by atoms with E-state index in [1.54, 1.807) is 7.11 Å². The van der Waals surface area contributed by atoms with E-state index in [9.17, 15) is 5.11 Å². The van der Waals surface area contributed by atoms with E-state index >= 15 is 0 Å². The number of hydrogen-bond acceptors (Lipinski definition) is 4. The molecule has 1 fully saturated rings. The largest absolute Gasteiger partial charge is 0.497 e. The summed E-state index contributed by atoms with van der Waals surface area (Å²) >= 11 is 0. The van der Waals surface area contributed by atoms with Crippen molar-refractivity contribution >= 4 is 16.6 Å². The van der Waals surface area contributed by atoms with Crippen molar-refractivity contribution in [2.75, 3.05) is 27.2 Å². The molecule has 2 aromatic carbocycles. The predicted octanol–water partition coefficient (Wildman–Crippen LogP) is 5.46. The maximum Gasteiger partial charge on any atom is 0.121 e. The van der Waals surface area contributed by atoms with Crippen LogP contribution in [0, 0.1) is 11.8 Å². The van der Waals surface area contributed by atoms with Gasteiger partial charge in [-0.05, 0) is 81.8 Å². The molecule has 3 atom stereocenters. The molecule has 3 aromatic rings. The zero-order chi connectivity index (χ0) is 23.7. The molecule has 5 nitrogen and oxygen atoms in total. The van der Waals surface area contributed by atoms with Crippen molar-refractivity contribution < 1.29 is 9.84 Å². The number of methoxy groups -OCH3 is 1. The predicted molar refractivity (Wildman–Crippen MR) is 138 cm³/mol. The number of allylic oxidation sites excluding steroid dienone is 1. The molecule has 3 aliphatic carbocycles. The van der Waals surface area contributed by atoms with Crippen LogP contribution in [0.5, 0.6) is 5.75 Å². The van der Waals surface area contributed by atoms with E-state index in [0.717, 1.165) is 67.8 Å². The van der Waals surface area contributed by atoms with Crippen LogP contribution in [-0.2, 0) is 6.42 Å². The molecule has 1 saturated carbocycles. The molecule has 34 heavy (non-hydrogen) atoms. The molecule has 1 heterocycles. The SMILES string of the molecule is COc1ccc2nc(CCCN(C)CC[C@]3(O)C[C@@H]4CC[C@@H]3C(c3ccccc3)=C4C)[nH]c2c1. The fourth-order valence-electron chi connectivity index (χ4n) is 6.21. The number of nitrogens with one attached hydrogen (secondary N) is 1. The average molecular weight is 460 g/mol. The van der Waals surface area contributed by atoms with Gasteiger partial charge in [0.05, 0.1) is 23.7 Å². The third kappa shape index (κ3) is 4.51. The lowest BCUT2D eigenvalue weighted by atomic mass is 9.57. The van der Waals surface area contributed by atoms with E-state index in [1.165, 1.54) is 23.1 Å². The van der Waals surface area contributed by atoms with Crippen molar-refractivity contribution in [1.82, 2.24) is 14.9 Å². The molecule has 2 bridgehead atoms. The van der Waals surface area contributed by atoms with E-state index in [4.69, 9.17) is 9.72 Å². The number of ether oxygens (including phenoxy) is 1. The van der Waals surface area contributed by atoms with Crippen molar-refractivity contribution in [3.05, 3.63) is 65.5 Å². The van der Waals surface area contributed by atoms with Gasteiger partial charge in [-0.1, -0.05) is 35.9 Å². The third-order valence-corrected chi connectivity index (χ3v) is 8.14. The number of fused-ring (bicyclic) bond motifs is 3. The maximum absolute atomic E-state index is 11.8. The Bertz CT molecular complexity index is 1170. The first-order valence-corrected chi connectivity index (χ1v) is 12.7. The first-order chi connectivity index (χ1) is 16.5. The highest BCUT2D eigenvalue weighted by Crippen LogP contribution is 2.54. The van der Waals surface area contributed by atoms with Gasteiger partial charge in [-0.25, -0.2) is 4.98 Å². The van der Waals surface area contributed by atoms with Crippen LogP contribution >= 0.6 is 0 Å². The fraction of sp³-hybridized carbons (Fsp3) is 0.483. The number of aryl methyl sites for hydroxylation is 1. The summed E-state index contributed by atoms with van der Waals surface area (Å²) in [5.41, 5.74) is 5.62. The summed E-state index contributed by atoms with van der Waals surface area (Å²) in [7, 11) is 3.86. The number of imidazole rings is 1. The second kappa shape index (κ2) is 9.55. The second-order valence-electron chi connectivity index (χ2n) is 10.3. The maximum atomic E-state index is 11.8. The number of hydrogen-bond donors (Lipinski definition) is 2. The molecule has 2 N–H and O–H groups in total. The number of aromatic amines is 1. The van der Waals surface area contributed by atoms with Crippen molar-refractivity contribution in [3.63, 3.8) is 0 Å². The van der Waals surface area contributed by atoms with Gasteiger partial charge >= 0.3 is 0 Å². The summed E-state index contributed by atoms with van der Waals surface area (Å²) in [6.07, 6.45) is 6.01. The van der Waals surface area contributed by atoms with Crippen LogP contribution in [0.4, 0.5) is 0 Å². The zero-order valence-corrected chi connectivity index (χ0v) is 20.7. The zero-order valence-electron chi connectivity index (χ0n) is 20.7. The summed E-state index contributed by atoms with van der Waals surface area (Å²) in [6, 6.07) is 16.7. The van der Waals surface area contributed by atoms with Crippen LogP contribution in [0.2, 0.25) is 0 Å². The first kappa shape index (κ1) is 23.1. The van der Waals surface area contributed by atoms with Crippen LogP contribution in [0.15, 0.2) is 54.1 Å². The monoisotopic (exact) mass is 459 g/mol. The second-order valence-corrected chi connectivity index (χ2v) is 10.3. The van der Waals surface area contributed by atoms with Gasteiger partial charge in [0.25, 0.3) is 0 Å². The Labute approximate surface area is 202 Å². The Kier molecular flexibility index (Phi) is 6.50. The number of aliphatic hydroxyl groups is 1. The third-order valence-electron chi connectivity index (χ3n) is 8.14. The molecule has 0 amide bonds. The van der Waals surface area contributed by atoms with E-state index in [2.05, 4.69) is 54.2 Å². The van der Waals surface area contributed by atoms with E-state index < -0.39 is 5.60 Å². The minimum absolute atomic E-state index is 0.251. The standard InChI is InChI=1S/C29H37N3O2/c1-20-22-11-13-24(28(20)21-8-5-4-6-9-21)29(33,19-22)15-17-32(2)16-7-10-27-30-25-14-12-23(34-3)18-26(25)31-27/h4-6,8-9,12,14,18,22,24,33H,7,10-11,13,15-17,19H2,1-3H3,(H,30,31)/t22-,24+,29-/m0/s1. The van der Waals surface area contributed by atoms with Gasteiger partial charge < -0.3 is 19.7 Å². The van der Waals surface area contributed by atoms with Crippen molar-refractivity contribution in [2.45, 2.75) is 51.0 Å². The van der Waals surface area contributed by atoms with Crippen molar-refractivity contribution in [2.24, 2.45) is 11.8 Å². The van der Waals surface area contributed by atoms with E-state index in [-0.39, 0.29) is 5.92 Å². The summed E-state index contributed by atoms with van der Waals surface area (Å²) < 4.78 is 5.31. The minimum atomic E-state index is -0.598. The Balaban J connectivity index is 1.17. The Morgan fingerprint density at radius 3 is 2.76 bits per heavy atom. The molecule has 0 unspecified atom stereocenters. The number of nitrogens with zero attached hydrogens (tertiary/aromatic N) is 2. The molecule has 1 aromatic heterocycles. The van der Waals surface area contributed by atoms with Gasteiger partial charge in [0.2, 0.25) is 0 Å². The summed E-state index contributed by atoms with van der Waals surface area (Å²) in [6.45, 7) is 4.20. The highest BCUT2D eigenvalue weighted by Gasteiger charge is 2.49. The highest BCUT2D eigenvalue weighted by atomic mass is 16.5. The van der Waals surface area contributed by atoms with Crippen LogP contribution in [0.3, 0.4) is 0 Å². The lowest BCUT2D eigenvalue weighted by molar-refractivity contribution is -0.0578. The lowest BCUT2D eigenvalue weighted by Crippen LogP contribution is -2.49. The van der Waals surface area contributed by atoms with Crippen LogP contribution in [0.25, 0.3) is 16.6 Å². The average Bonchev–Trinajstić information content (AvgIpc) is 3.26. The summed E-state index contributed by atoms with van der Waals surface area (Å²) in [4.78, 5) is 10.5. The van der Waals surface area contributed by atoms with Gasteiger partial charge in [-0.3, -0.25) is 0 Å². The molecule has 3 aliphatic rings. The summed E-state index contributed by atoms with van der Waals surface area (Å²) in [5, 5.41) is 11.8. The van der Waals surface area contributed by atoms with Crippen LogP contribution in [-0.4, -0.2) is 52.8 Å². The smallest absolute Gasteiger partial charge is 0.121 e. The highest BCUT2D eigenvalue weighted by molar-refractivity contribution is 5.77. The Morgan fingerprint density at radius 1 is 1.15 bits per heavy atom. The summed E-state index contributed by atoms with van der Waals surface area (Å²) in [5.74, 6) is 2.63. The molecule has 0 aliphatic heterocycles. The van der Waals surface area contributed by atoms with E-state index in [1.807, 2.05) is 18.2 Å². The number of aromatic nitrogens is 2. The Morgan fingerprint density at radius 2 is 1.97 bits per heavy atom. The van der Waals surface area contributed by atoms with Gasteiger partial charge in [-0.2, -0.15) is 0 Å². The molecular weight excluding hydrogens is 422 g/mol. The van der Waals surface area contributed by atoms with Gasteiger partial charge in [-0.15, -0.1) is 0 Å². The quantitative estimate of drug-likeness (QED) is 0.446. The van der Waals surface area contributed by atoms with Crippen molar-refractivity contribution in [1.29, 1.82) is 0 Å². The van der Waals surface area contributed by atoms with Crippen LogP contribution in [0.1, 0.15) is 50.4 Å². The molecule has 0 saturated heterocycles. The lowest BCUT2D eigenvalue weighted by Gasteiger charge is -2.51. The van der Waals surface area contributed by atoms with Gasteiger partial charge in [0.15, 0.2) is 0 Å². The minimum Gasteiger partial charge on any atom is -0.497 e. The molecule has 180 valence electrons. The topological polar surface area (TPSA) is 61.4 Å². The number of rotatable bonds is 9.